The summed E-state index contributed by atoms with van der Waals surface area (Å²) in [5.74, 6) is 1.72. The van der Waals surface area contributed by atoms with Crippen LogP contribution in [0.3, 0.4) is 0 Å². The summed E-state index contributed by atoms with van der Waals surface area (Å²) in [5.41, 5.74) is 0. The molecule has 3 heteroatoms. The molecule has 2 nitrogen and oxygen atoms in total. The van der Waals surface area contributed by atoms with Gasteiger partial charge in [-0.3, -0.25) is 0 Å². The van der Waals surface area contributed by atoms with Crippen LogP contribution in [0.15, 0.2) is 0 Å². The first-order chi connectivity index (χ1) is 6.15. The van der Waals surface area contributed by atoms with Gasteiger partial charge in [0.25, 0.3) is 0 Å². The summed E-state index contributed by atoms with van der Waals surface area (Å²) in [6.07, 6.45) is 5.57. The monoisotopic (exact) mass is 311 g/mol. The molecular formula is C11H22INO. The van der Waals surface area contributed by atoms with Crippen molar-refractivity contribution in [3.63, 3.8) is 0 Å². The largest absolute Gasteiger partial charge is 1.00 e. The second-order valence-electron chi connectivity index (χ2n) is 5.42. The van der Waals surface area contributed by atoms with Crippen LogP contribution in [0.2, 0.25) is 0 Å². The molecule has 0 unspecified atom stereocenters. The zero-order valence-corrected chi connectivity index (χ0v) is 11.4. The van der Waals surface area contributed by atoms with Crippen LogP contribution in [0, 0.1) is 11.8 Å². The number of rotatable bonds is 1. The molecule has 1 N–H and O–H groups in total. The van der Waals surface area contributed by atoms with E-state index >= 15 is 0 Å². The van der Waals surface area contributed by atoms with Crippen molar-refractivity contribution in [2.45, 2.75) is 31.7 Å². The molecule has 0 aromatic carbocycles. The molecule has 0 amide bonds. The third-order valence-corrected chi connectivity index (χ3v) is 4.25. The average molecular weight is 311 g/mol. The maximum atomic E-state index is 9.42. The minimum atomic E-state index is 0. The molecule has 2 fully saturated rings. The molecule has 1 saturated carbocycles. The van der Waals surface area contributed by atoms with E-state index in [4.69, 9.17) is 0 Å². The number of fused-ring (bicyclic) bond motifs is 1. The lowest BCUT2D eigenvalue weighted by molar-refractivity contribution is -0.905. The van der Waals surface area contributed by atoms with Crippen LogP contribution in [0.4, 0.5) is 0 Å². The van der Waals surface area contributed by atoms with E-state index in [9.17, 15) is 5.11 Å². The molecule has 84 valence electrons. The van der Waals surface area contributed by atoms with Crippen molar-refractivity contribution in [2.75, 3.05) is 27.2 Å². The number of hydrogen-bond donors (Lipinski definition) is 1. The number of aliphatic hydroxyl groups is 1. The Morgan fingerprint density at radius 1 is 1.21 bits per heavy atom. The van der Waals surface area contributed by atoms with Gasteiger partial charge >= 0.3 is 0 Å². The third kappa shape index (κ3) is 2.09. The van der Waals surface area contributed by atoms with Crippen molar-refractivity contribution in [1.82, 2.24) is 0 Å². The molecule has 1 heterocycles. The lowest BCUT2D eigenvalue weighted by atomic mass is 9.79. The van der Waals surface area contributed by atoms with Crippen LogP contribution in [0.5, 0.6) is 0 Å². The standard InChI is InChI=1S/C11H22NO.HI/c1-12(2)7-9-5-3-4-6-10(9)11(12)8-13;/h9-11,13H,3-8H2,1-2H3;1H/q+1;/p-1/t9-,10+,11-;/m1./s1. The Labute approximate surface area is 104 Å². The van der Waals surface area contributed by atoms with Crippen molar-refractivity contribution >= 4 is 0 Å². The summed E-state index contributed by atoms with van der Waals surface area (Å²) < 4.78 is 1.05. The molecule has 2 aliphatic rings. The molecule has 0 spiro atoms. The van der Waals surface area contributed by atoms with Gasteiger partial charge in [0.05, 0.1) is 27.2 Å². The molecule has 0 radical (unpaired) electrons. The first-order valence-electron chi connectivity index (χ1n) is 5.58. The Bertz CT molecular complexity index is 196. The van der Waals surface area contributed by atoms with E-state index in [-0.39, 0.29) is 24.0 Å². The summed E-state index contributed by atoms with van der Waals surface area (Å²) in [5, 5.41) is 9.42. The van der Waals surface area contributed by atoms with Gasteiger partial charge in [0, 0.05) is 11.8 Å². The first-order valence-corrected chi connectivity index (χ1v) is 5.58. The highest BCUT2D eigenvalue weighted by Crippen LogP contribution is 2.42. The summed E-state index contributed by atoms with van der Waals surface area (Å²) in [7, 11) is 4.55. The number of nitrogens with zero attached hydrogens (tertiary/aromatic N) is 1. The highest BCUT2D eigenvalue weighted by Gasteiger charge is 2.49. The minimum absolute atomic E-state index is 0. The molecule has 0 aromatic rings. The summed E-state index contributed by atoms with van der Waals surface area (Å²) in [6, 6.07) is 0.519. The molecule has 0 aromatic heterocycles. The zero-order valence-electron chi connectivity index (χ0n) is 9.25. The van der Waals surface area contributed by atoms with Crippen LogP contribution in [0.25, 0.3) is 0 Å². The molecule has 3 atom stereocenters. The molecule has 14 heavy (non-hydrogen) atoms. The predicted octanol–water partition coefficient (Wildman–Crippen LogP) is -1.75. The second-order valence-corrected chi connectivity index (χ2v) is 5.42. The van der Waals surface area contributed by atoms with Gasteiger partial charge in [-0.15, -0.1) is 0 Å². The van der Waals surface area contributed by atoms with Gasteiger partial charge in [0.1, 0.15) is 6.04 Å². The summed E-state index contributed by atoms with van der Waals surface area (Å²) in [4.78, 5) is 0. The fourth-order valence-electron chi connectivity index (χ4n) is 3.58. The van der Waals surface area contributed by atoms with Crippen LogP contribution < -0.4 is 24.0 Å². The number of halogens is 1. The van der Waals surface area contributed by atoms with Crippen LogP contribution in [0.1, 0.15) is 25.7 Å². The smallest absolute Gasteiger partial charge is 0.115 e. The number of hydrogen-bond acceptors (Lipinski definition) is 1. The Balaban J connectivity index is 0.000000980. The molecular weight excluding hydrogens is 289 g/mol. The lowest BCUT2D eigenvalue weighted by Gasteiger charge is -2.32. The van der Waals surface area contributed by atoms with E-state index in [1.54, 1.807) is 0 Å². The van der Waals surface area contributed by atoms with Gasteiger partial charge in [-0.25, -0.2) is 0 Å². The third-order valence-electron chi connectivity index (χ3n) is 4.25. The van der Waals surface area contributed by atoms with Crippen molar-refractivity contribution in [2.24, 2.45) is 11.8 Å². The van der Waals surface area contributed by atoms with E-state index in [0.29, 0.717) is 12.6 Å². The van der Waals surface area contributed by atoms with Crippen LogP contribution >= 0.6 is 0 Å². The summed E-state index contributed by atoms with van der Waals surface area (Å²) in [6.45, 7) is 1.67. The van der Waals surface area contributed by atoms with Gasteiger partial charge in [-0.05, 0) is 12.8 Å². The maximum absolute atomic E-state index is 9.42. The van der Waals surface area contributed by atoms with Crippen molar-refractivity contribution in [3.05, 3.63) is 0 Å². The number of likely N-dealkylation sites (tertiary alicyclic amines) is 1. The minimum Gasteiger partial charge on any atom is -1.00 e. The lowest BCUT2D eigenvalue weighted by Crippen LogP contribution is -3.00. The Hall–Kier alpha value is 0.650. The Kier molecular flexibility index (Phi) is 4.23. The fraction of sp³-hybridized carbons (Fsp3) is 1.00. The first kappa shape index (κ1) is 12.7. The fourth-order valence-corrected chi connectivity index (χ4v) is 3.58. The van der Waals surface area contributed by atoms with Crippen molar-refractivity contribution in [1.29, 1.82) is 0 Å². The Morgan fingerprint density at radius 3 is 2.50 bits per heavy atom. The van der Waals surface area contributed by atoms with E-state index < -0.39 is 0 Å². The maximum Gasteiger partial charge on any atom is 0.115 e. The molecule has 1 aliphatic heterocycles. The quantitative estimate of drug-likeness (QED) is 0.450. The normalized spacial score (nSPS) is 40.1. The Morgan fingerprint density at radius 2 is 1.86 bits per heavy atom. The van der Waals surface area contributed by atoms with Gasteiger partial charge < -0.3 is 33.6 Å². The van der Waals surface area contributed by atoms with Gasteiger partial charge in [-0.1, -0.05) is 12.8 Å². The number of likely N-dealkylation sites (N-methyl/N-ethyl adjacent to an activating group) is 1. The molecule has 1 saturated heterocycles. The zero-order chi connectivity index (χ0) is 9.47. The van der Waals surface area contributed by atoms with Gasteiger partial charge in [-0.2, -0.15) is 0 Å². The number of aliphatic hydroxyl groups excluding tert-OH is 1. The SMILES string of the molecule is C[N+]1(C)C[C@H]2CCCC[C@@H]2[C@H]1CO.[I-]. The predicted molar refractivity (Wildman–Crippen MR) is 53.3 cm³/mol. The average Bonchev–Trinajstić information content (AvgIpc) is 2.33. The highest BCUT2D eigenvalue weighted by molar-refractivity contribution is 4.86. The highest BCUT2D eigenvalue weighted by atomic mass is 127. The van der Waals surface area contributed by atoms with E-state index in [2.05, 4.69) is 14.1 Å². The molecule has 2 rings (SSSR count). The topological polar surface area (TPSA) is 20.2 Å². The van der Waals surface area contributed by atoms with E-state index in [0.717, 1.165) is 16.3 Å². The van der Waals surface area contributed by atoms with Gasteiger partial charge in [0.15, 0.2) is 0 Å². The van der Waals surface area contributed by atoms with Gasteiger partial charge in [0.2, 0.25) is 0 Å². The summed E-state index contributed by atoms with van der Waals surface area (Å²) >= 11 is 0. The molecule has 1 aliphatic carbocycles. The van der Waals surface area contributed by atoms with Crippen molar-refractivity contribution in [3.8, 4) is 0 Å². The van der Waals surface area contributed by atoms with Crippen molar-refractivity contribution < 1.29 is 33.6 Å². The number of quaternary nitrogens is 1. The van der Waals surface area contributed by atoms with E-state index in [1.165, 1.54) is 32.2 Å². The molecule has 0 bridgehead atoms. The van der Waals surface area contributed by atoms with Crippen LogP contribution in [-0.4, -0.2) is 42.9 Å². The second kappa shape index (κ2) is 4.66. The van der Waals surface area contributed by atoms with E-state index in [1.807, 2.05) is 0 Å². The van der Waals surface area contributed by atoms with Crippen LogP contribution in [-0.2, 0) is 0 Å².